The van der Waals surface area contributed by atoms with Crippen LogP contribution in [0.5, 0.6) is 0 Å². The molecule has 0 bridgehead atoms. The van der Waals surface area contributed by atoms with Gasteiger partial charge in [0.1, 0.15) is 0 Å². The Balaban J connectivity index is 2.82. The molecule has 0 saturated heterocycles. The zero-order valence-corrected chi connectivity index (χ0v) is 7.41. The van der Waals surface area contributed by atoms with Crippen LogP contribution in [0.2, 0.25) is 0 Å². The van der Waals surface area contributed by atoms with Crippen LogP contribution < -0.4 is 11.4 Å². The molecule has 6 nitrogen and oxygen atoms in total. The number of H-pyrrole nitrogens is 2. The maximum absolute atomic E-state index is 11.1. The van der Waals surface area contributed by atoms with Gasteiger partial charge in [-0.25, -0.2) is 24.4 Å². The molecular formula is C7H13N3O3. The van der Waals surface area contributed by atoms with Gasteiger partial charge in [0, 0.05) is 12.6 Å². The second kappa shape index (κ2) is 4.08. The van der Waals surface area contributed by atoms with E-state index in [1.807, 2.05) is 0 Å². The lowest BCUT2D eigenvalue weighted by atomic mass is 10.2. The molecule has 0 fully saturated rings. The van der Waals surface area contributed by atoms with Crippen LogP contribution in [-0.2, 0) is 0 Å². The molecule has 0 aromatic carbocycles. The van der Waals surface area contributed by atoms with Crippen molar-refractivity contribution in [2.75, 3.05) is 6.61 Å². The number of aliphatic hydroxyl groups is 1. The van der Waals surface area contributed by atoms with Crippen LogP contribution in [0.1, 0.15) is 25.8 Å². The summed E-state index contributed by atoms with van der Waals surface area (Å²) in [5.74, 6) is 0. The molecule has 13 heavy (non-hydrogen) atoms. The highest BCUT2D eigenvalue weighted by molar-refractivity contribution is 4.72. The largest absolute Gasteiger partial charge is 0.396 e. The van der Waals surface area contributed by atoms with Crippen molar-refractivity contribution in [2.45, 2.75) is 25.8 Å². The van der Waals surface area contributed by atoms with Crippen LogP contribution in [0.4, 0.5) is 0 Å². The summed E-state index contributed by atoms with van der Waals surface area (Å²) in [5.41, 5.74) is -0.870. The number of aromatic amines is 2. The molecule has 74 valence electrons. The number of hydrogen-bond acceptors (Lipinski definition) is 3. The Morgan fingerprint density at radius 3 is 2.38 bits per heavy atom. The average molecular weight is 187 g/mol. The van der Waals surface area contributed by atoms with Gasteiger partial charge in [0.05, 0.1) is 0 Å². The minimum Gasteiger partial charge on any atom is -0.396 e. The van der Waals surface area contributed by atoms with E-state index in [1.54, 1.807) is 6.92 Å². The molecule has 0 spiro atoms. The van der Waals surface area contributed by atoms with Crippen LogP contribution >= 0.6 is 0 Å². The van der Waals surface area contributed by atoms with Crippen molar-refractivity contribution in [2.24, 2.45) is 0 Å². The fraction of sp³-hybridized carbons (Fsp3) is 0.714. The van der Waals surface area contributed by atoms with Gasteiger partial charge in [-0.05, 0) is 19.8 Å². The van der Waals surface area contributed by atoms with Crippen molar-refractivity contribution in [3.63, 3.8) is 0 Å². The molecule has 0 aliphatic carbocycles. The number of rotatable bonds is 4. The highest BCUT2D eigenvalue weighted by atomic mass is 16.3. The van der Waals surface area contributed by atoms with Gasteiger partial charge in [-0.2, -0.15) is 0 Å². The Morgan fingerprint density at radius 2 is 1.92 bits per heavy atom. The van der Waals surface area contributed by atoms with Crippen molar-refractivity contribution in [1.29, 1.82) is 0 Å². The number of nitrogens with one attached hydrogen (secondary N) is 2. The first-order valence-electron chi connectivity index (χ1n) is 4.17. The van der Waals surface area contributed by atoms with Crippen LogP contribution in [0.15, 0.2) is 9.59 Å². The van der Waals surface area contributed by atoms with E-state index in [0.29, 0.717) is 12.8 Å². The molecule has 1 rings (SSSR count). The first kappa shape index (κ1) is 9.79. The smallest absolute Gasteiger partial charge is 0.344 e. The fourth-order valence-electron chi connectivity index (χ4n) is 1.24. The van der Waals surface area contributed by atoms with Crippen LogP contribution in [0.3, 0.4) is 0 Å². The minimum absolute atomic E-state index is 0.0709. The predicted octanol–water partition coefficient (Wildman–Crippen LogP) is -0.802. The lowest BCUT2D eigenvalue weighted by Crippen LogP contribution is -2.29. The summed E-state index contributed by atoms with van der Waals surface area (Å²) in [6.45, 7) is 1.83. The first-order chi connectivity index (χ1) is 6.16. The number of nitrogens with zero attached hydrogens (tertiary/aromatic N) is 1. The van der Waals surface area contributed by atoms with E-state index < -0.39 is 11.4 Å². The third-order valence-electron chi connectivity index (χ3n) is 1.93. The Labute approximate surface area is 74.2 Å². The zero-order chi connectivity index (χ0) is 9.84. The Kier molecular flexibility index (Phi) is 3.07. The van der Waals surface area contributed by atoms with Gasteiger partial charge in [0.25, 0.3) is 0 Å². The Hall–Kier alpha value is -1.30. The summed E-state index contributed by atoms with van der Waals surface area (Å²) in [4.78, 5) is 22.1. The van der Waals surface area contributed by atoms with E-state index in [1.165, 1.54) is 0 Å². The molecule has 1 aromatic rings. The van der Waals surface area contributed by atoms with Crippen molar-refractivity contribution in [3.05, 3.63) is 21.0 Å². The molecule has 0 radical (unpaired) electrons. The SMILES string of the molecule is CC(CCCO)n1c(=O)[nH][nH]c1=O. The van der Waals surface area contributed by atoms with E-state index >= 15 is 0 Å². The third kappa shape index (κ3) is 2.09. The van der Waals surface area contributed by atoms with Gasteiger partial charge in [-0.3, -0.25) is 0 Å². The van der Waals surface area contributed by atoms with Crippen molar-refractivity contribution < 1.29 is 5.11 Å². The normalized spacial score (nSPS) is 13.1. The fourth-order valence-corrected chi connectivity index (χ4v) is 1.24. The van der Waals surface area contributed by atoms with Crippen molar-refractivity contribution in [1.82, 2.24) is 14.8 Å². The summed E-state index contributed by atoms with van der Waals surface area (Å²) in [7, 11) is 0. The highest BCUT2D eigenvalue weighted by Gasteiger charge is 2.10. The monoisotopic (exact) mass is 187 g/mol. The van der Waals surface area contributed by atoms with Crippen molar-refractivity contribution in [3.8, 4) is 0 Å². The lowest BCUT2D eigenvalue weighted by Gasteiger charge is -2.08. The molecule has 0 aliphatic rings. The molecule has 6 heteroatoms. The van der Waals surface area contributed by atoms with Gasteiger partial charge in [0.15, 0.2) is 0 Å². The van der Waals surface area contributed by atoms with E-state index in [0.717, 1.165) is 4.57 Å². The molecule has 1 aromatic heterocycles. The second-order valence-corrected chi connectivity index (χ2v) is 2.95. The van der Waals surface area contributed by atoms with E-state index in [9.17, 15) is 9.59 Å². The average Bonchev–Trinajstić information content (AvgIpc) is 2.42. The summed E-state index contributed by atoms with van der Waals surface area (Å²) in [5, 5.41) is 13.0. The summed E-state index contributed by atoms with van der Waals surface area (Å²) in [6, 6.07) is -0.186. The van der Waals surface area contributed by atoms with Crippen molar-refractivity contribution >= 4 is 0 Å². The van der Waals surface area contributed by atoms with Gasteiger partial charge >= 0.3 is 11.4 Å². The van der Waals surface area contributed by atoms with Crippen LogP contribution in [0, 0.1) is 0 Å². The zero-order valence-electron chi connectivity index (χ0n) is 7.41. The quantitative estimate of drug-likeness (QED) is 0.576. The van der Waals surface area contributed by atoms with Gasteiger partial charge in [0.2, 0.25) is 0 Å². The first-order valence-corrected chi connectivity index (χ1v) is 4.17. The topological polar surface area (TPSA) is 90.9 Å². The standard InChI is InChI=1S/C7H13N3O3/c1-5(3-2-4-11)10-6(12)8-9-7(10)13/h5,11H,2-4H2,1H3,(H,8,12)(H,9,13). The Morgan fingerprint density at radius 1 is 1.38 bits per heavy atom. The molecule has 1 atom stereocenters. The number of aliphatic hydroxyl groups excluding tert-OH is 1. The summed E-state index contributed by atoms with van der Waals surface area (Å²) >= 11 is 0. The van der Waals surface area contributed by atoms with Gasteiger partial charge in [-0.15, -0.1) is 0 Å². The third-order valence-corrected chi connectivity index (χ3v) is 1.93. The summed E-state index contributed by atoms with van der Waals surface area (Å²) < 4.78 is 1.11. The van der Waals surface area contributed by atoms with Crippen LogP contribution in [0.25, 0.3) is 0 Å². The number of aromatic nitrogens is 3. The predicted molar refractivity (Wildman–Crippen MR) is 46.7 cm³/mol. The molecule has 1 heterocycles. The van der Waals surface area contributed by atoms with E-state index in [-0.39, 0.29) is 12.6 Å². The molecule has 0 aliphatic heterocycles. The lowest BCUT2D eigenvalue weighted by molar-refractivity contribution is 0.272. The second-order valence-electron chi connectivity index (χ2n) is 2.95. The van der Waals surface area contributed by atoms with Gasteiger partial charge < -0.3 is 5.11 Å². The molecule has 1 unspecified atom stereocenters. The van der Waals surface area contributed by atoms with Gasteiger partial charge in [-0.1, -0.05) is 0 Å². The summed E-state index contributed by atoms with van der Waals surface area (Å²) in [6.07, 6.45) is 1.19. The Bertz CT molecular complexity index is 334. The molecular weight excluding hydrogens is 174 g/mol. The maximum atomic E-state index is 11.1. The minimum atomic E-state index is -0.435. The molecule has 3 N–H and O–H groups in total. The molecule has 0 amide bonds. The van der Waals surface area contributed by atoms with E-state index in [4.69, 9.17) is 5.11 Å². The van der Waals surface area contributed by atoms with E-state index in [2.05, 4.69) is 10.2 Å². The maximum Gasteiger partial charge on any atom is 0.344 e. The number of hydrogen-bond donors (Lipinski definition) is 3. The highest BCUT2D eigenvalue weighted by Crippen LogP contribution is 2.06. The molecule has 0 saturated carbocycles. The van der Waals surface area contributed by atoms with Crippen LogP contribution in [-0.4, -0.2) is 26.5 Å².